The summed E-state index contributed by atoms with van der Waals surface area (Å²) in [5.41, 5.74) is 1.04. The van der Waals surface area contributed by atoms with Gasteiger partial charge in [0.2, 0.25) is 9.84 Å². The van der Waals surface area contributed by atoms with E-state index in [0.717, 1.165) is 0 Å². The normalized spacial score (nSPS) is 19.3. The van der Waals surface area contributed by atoms with Crippen LogP contribution in [0.25, 0.3) is 5.70 Å². The summed E-state index contributed by atoms with van der Waals surface area (Å²) in [5.74, 6) is -1.92. The molecule has 0 saturated heterocycles. The third kappa shape index (κ3) is 2.65. The van der Waals surface area contributed by atoms with Crippen LogP contribution in [0.1, 0.15) is 24.0 Å². The van der Waals surface area contributed by atoms with Crippen molar-refractivity contribution in [1.82, 2.24) is 5.32 Å². The molecule has 8 nitrogen and oxygen atoms in total. The number of nitrogens with zero attached hydrogens (tertiary/aromatic N) is 1. The molecule has 0 bridgehead atoms. The molecule has 1 unspecified atom stereocenters. The summed E-state index contributed by atoms with van der Waals surface area (Å²) in [6.45, 7) is 1.62. The summed E-state index contributed by atoms with van der Waals surface area (Å²) in [6, 6.07) is 12.3. The number of para-hydroxylation sites is 1. The van der Waals surface area contributed by atoms with E-state index in [4.69, 9.17) is 4.74 Å². The minimum atomic E-state index is -3.99. The van der Waals surface area contributed by atoms with Crippen LogP contribution in [0.3, 0.4) is 0 Å². The number of sulfone groups is 1. The summed E-state index contributed by atoms with van der Waals surface area (Å²) in [4.78, 5) is 23.7. The monoisotopic (exact) mass is 412 g/mol. The number of rotatable bonds is 3. The highest BCUT2D eigenvalue weighted by Crippen LogP contribution is 2.51. The molecule has 0 fully saturated rings. The predicted molar refractivity (Wildman–Crippen MR) is 104 cm³/mol. The third-order valence-corrected chi connectivity index (χ3v) is 7.05. The van der Waals surface area contributed by atoms with E-state index in [1.165, 1.54) is 31.4 Å². The zero-order valence-corrected chi connectivity index (χ0v) is 16.3. The smallest absolute Gasteiger partial charge is 0.336 e. The summed E-state index contributed by atoms with van der Waals surface area (Å²) in [5, 5.41) is 14.7. The number of dihydropyridines is 1. The largest absolute Gasteiger partial charge is 0.466 e. The second-order valence-electron chi connectivity index (χ2n) is 6.64. The van der Waals surface area contributed by atoms with E-state index >= 15 is 0 Å². The molecule has 2 aromatic carbocycles. The van der Waals surface area contributed by atoms with Crippen molar-refractivity contribution in [2.24, 2.45) is 0 Å². The number of nitro groups is 1. The predicted octanol–water partition coefficient (Wildman–Crippen LogP) is 2.88. The number of hydrogen-bond donors (Lipinski definition) is 1. The molecule has 2 aromatic rings. The Hall–Kier alpha value is -3.46. The van der Waals surface area contributed by atoms with Crippen LogP contribution in [0.5, 0.6) is 0 Å². The summed E-state index contributed by atoms with van der Waals surface area (Å²) >= 11 is 0. The molecule has 2 aliphatic heterocycles. The Labute approximate surface area is 166 Å². The molecule has 0 saturated carbocycles. The van der Waals surface area contributed by atoms with Gasteiger partial charge in [0.25, 0.3) is 5.69 Å². The van der Waals surface area contributed by atoms with E-state index < -0.39 is 26.6 Å². The summed E-state index contributed by atoms with van der Waals surface area (Å²) < 4.78 is 31.7. The van der Waals surface area contributed by atoms with E-state index in [0.29, 0.717) is 17.0 Å². The number of carbonyl (C=O) groups excluding carboxylic acids is 1. The molecule has 0 amide bonds. The zero-order chi connectivity index (χ0) is 20.9. The molecule has 2 heterocycles. The van der Waals surface area contributed by atoms with E-state index in [9.17, 15) is 23.3 Å². The van der Waals surface area contributed by atoms with Crippen LogP contribution in [0, 0.1) is 10.1 Å². The number of esters is 1. The molecule has 1 atom stereocenters. The number of fused-ring (bicyclic) bond motifs is 2. The van der Waals surface area contributed by atoms with Crippen LogP contribution in [-0.2, 0) is 19.4 Å². The highest BCUT2D eigenvalue weighted by Gasteiger charge is 2.48. The first-order valence-corrected chi connectivity index (χ1v) is 10.2. The van der Waals surface area contributed by atoms with Crippen molar-refractivity contribution in [3.05, 3.63) is 85.9 Å². The van der Waals surface area contributed by atoms with Crippen molar-refractivity contribution in [2.75, 3.05) is 7.11 Å². The average Bonchev–Trinajstić information content (AvgIpc) is 2.93. The molecule has 4 rings (SSSR count). The van der Waals surface area contributed by atoms with Crippen molar-refractivity contribution >= 4 is 27.2 Å². The van der Waals surface area contributed by atoms with Crippen LogP contribution in [-0.4, -0.2) is 26.4 Å². The molecular weight excluding hydrogens is 396 g/mol. The standard InChI is InChI=1S/C20H16N2O6S/c1-11-16(20(23)28-2)17(12-7-3-5-9-14(12)22(24)25)19-18(21-11)13-8-4-6-10-15(13)29(19,26)27/h3-10,17,21H,1-2H3. The fourth-order valence-corrected chi connectivity index (χ4v) is 5.84. The Morgan fingerprint density at radius 2 is 1.79 bits per heavy atom. The summed E-state index contributed by atoms with van der Waals surface area (Å²) in [7, 11) is -2.81. The van der Waals surface area contributed by atoms with E-state index in [1.807, 2.05) is 0 Å². The highest BCUT2D eigenvalue weighted by molar-refractivity contribution is 7.96. The minimum Gasteiger partial charge on any atom is -0.466 e. The third-order valence-electron chi connectivity index (χ3n) is 5.10. The summed E-state index contributed by atoms with van der Waals surface area (Å²) in [6.07, 6.45) is 0. The van der Waals surface area contributed by atoms with Gasteiger partial charge in [-0.25, -0.2) is 13.2 Å². The number of benzene rings is 2. The highest BCUT2D eigenvalue weighted by atomic mass is 32.2. The maximum atomic E-state index is 13.4. The Balaban J connectivity index is 2.08. The molecule has 2 aliphatic rings. The lowest BCUT2D eigenvalue weighted by Crippen LogP contribution is -2.29. The van der Waals surface area contributed by atoms with E-state index in [1.54, 1.807) is 31.2 Å². The van der Waals surface area contributed by atoms with Crippen molar-refractivity contribution in [3.8, 4) is 0 Å². The number of hydrogen-bond acceptors (Lipinski definition) is 7. The van der Waals surface area contributed by atoms with E-state index in [-0.39, 0.29) is 26.6 Å². The maximum Gasteiger partial charge on any atom is 0.336 e. The van der Waals surface area contributed by atoms with Gasteiger partial charge in [-0.05, 0) is 13.0 Å². The molecule has 1 N–H and O–H groups in total. The number of allylic oxidation sites excluding steroid dienone is 2. The fourth-order valence-electron chi connectivity index (χ4n) is 3.90. The first kappa shape index (κ1) is 18.9. The van der Waals surface area contributed by atoms with Crippen molar-refractivity contribution < 1.29 is 22.9 Å². The van der Waals surface area contributed by atoms with Gasteiger partial charge in [-0.1, -0.05) is 36.4 Å². The van der Waals surface area contributed by atoms with Gasteiger partial charge < -0.3 is 10.1 Å². The molecule has 29 heavy (non-hydrogen) atoms. The fraction of sp³-hybridized carbons (Fsp3) is 0.150. The molecule has 0 radical (unpaired) electrons. The van der Waals surface area contributed by atoms with Gasteiger partial charge in [-0.3, -0.25) is 10.1 Å². The quantitative estimate of drug-likeness (QED) is 0.468. The number of methoxy groups -OCH3 is 1. The number of nitro benzene ring substituents is 1. The average molecular weight is 412 g/mol. The first-order valence-electron chi connectivity index (χ1n) is 8.67. The van der Waals surface area contributed by atoms with Gasteiger partial charge in [0.05, 0.1) is 39.0 Å². The van der Waals surface area contributed by atoms with Crippen LogP contribution in [0.2, 0.25) is 0 Å². The molecule has 9 heteroatoms. The van der Waals surface area contributed by atoms with E-state index in [2.05, 4.69) is 5.32 Å². The Morgan fingerprint density at radius 1 is 1.14 bits per heavy atom. The second kappa shape index (κ2) is 6.56. The molecule has 0 aromatic heterocycles. The van der Waals surface area contributed by atoms with Crippen LogP contribution in [0.15, 0.2) is 69.6 Å². The van der Waals surface area contributed by atoms with Crippen LogP contribution >= 0.6 is 0 Å². The lowest BCUT2D eigenvalue weighted by atomic mass is 9.84. The maximum absolute atomic E-state index is 13.4. The van der Waals surface area contributed by atoms with Crippen molar-refractivity contribution in [1.29, 1.82) is 0 Å². The lowest BCUT2D eigenvalue weighted by molar-refractivity contribution is -0.385. The van der Waals surface area contributed by atoms with Crippen LogP contribution < -0.4 is 5.32 Å². The molecule has 148 valence electrons. The molecule has 0 aliphatic carbocycles. The SMILES string of the molecule is COC(=O)C1=C(C)NC2=C(C1c1ccccc1[N+](=O)[O-])S(=O)(=O)c1ccccc12. The minimum absolute atomic E-state index is 0.0249. The van der Waals surface area contributed by atoms with Crippen LogP contribution in [0.4, 0.5) is 5.69 Å². The number of nitrogens with one attached hydrogen (secondary N) is 1. The zero-order valence-electron chi connectivity index (χ0n) is 15.5. The lowest BCUT2D eigenvalue weighted by Gasteiger charge is -2.28. The Bertz CT molecular complexity index is 1240. The van der Waals surface area contributed by atoms with Gasteiger partial charge in [-0.2, -0.15) is 0 Å². The topological polar surface area (TPSA) is 116 Å². The van der Waals surface area contributed by atoms with Crippen molar-refractivity contribution in [3.63, 3.8) is 0 Å². The number of ether oxygens (including phenoxy) is 1. The second-order valence-corrected chi connectivity index (χ2v) is 8.53. The first-order chi connectivity index (χ1) is 13.8. The van der Waals surface area contributed by atoms with Gasteiger partial charge in [0, 0.05) is 22.9 Å². The van der Waals surface area contributed by atoms with Gasteiger partial charge in [-0.15, -0.1) is 0 Å². The molecule has 0 spiro atoms. The Morgan fingerprint density at radius 3 is 2.48 bits per heavy atom. The van der Waals surface area contributed by atoms with Crippen molar-refractivity contribution in [2.45, 2.75) is 17.7 Å². The molecular formula is C20H16N2O6S. The van der Waals surface area contributed by atoms with Gasteiger partial charge in [0.15, 0.2) is 0 Å². The Kier molecular flexibility index (Phi) is 4.27. The van der Waals surface area contributed by atoms with Gasteiger partial charge in [0.1, 0.15) is 0 Å². The number of carbonyl (C=O) groups is 1. The van der Waals surface area contributed by atoms with Gasteiger partial charge >= 0.3 is 5.97 Å².